The Balaban J connectivity index is 1.16. The first-order valence-corrected chi connectivity index (χ1v) is 21.8. The van der Waals surface area contributed by atoms with Gasteiger partial charge in [-0.1, -0.05) is 182 Å². The predicted molar refractivity (Wildman–Crippen MR) is 257 cm³/mol. The monoisotopic (exact) mass is 807 g/mol. The quantitative estimate of drug-likeness (QED) is 0.161. The fraction of sp³-hybridized carbons (Fsp3) is 0.0172. The molecule has 4 heteroatoms. The van der Waals surface area contributed by atoms with Crippen LogP contribution in [0.4, 0.5) is 0 Å². The lowest BCUT2D eigenvalue weighted by Gasteiger charge is -2.34. The van der Waals surface area contributed by atoms with Crippen molar-refractivity contribution < 1.29 is 0 Å². The first-order valence-electron chi connectivity index (χ1n) is 21.0. The van der Waals surface area contributed by atoms with Crippen LogP contribution in [0.15, 0.2) is 225 Å². The molecule has 3 aromatic heterocycles. The molecule has 290 valence electrons. The maximum Gasteiger partial charge on any atom is 0.160 e. The van der Waals surface area contributed by atoms with Crippen LogP contribution in [-0.2, 0) is 5.41 Å². The van der Waals surface area contributed by atoms with Crippen LogP contribution in [0.3, 0.4) is 0 Å². The second-order valence-electron chi connectivity index (χ2n) is 15.9. The molecule has 0 saturated carbocycles. The number of nitrogens with zero attached hydrogens (tertiary/aromatic N) is 3. The van der Waals surface area contributed by atoms with E-state index in [0.29, 0.717) is 5.82 Å². The predicted octanol–water partition coefficient (Wildman–Crippen LogP) is 14.9. The number of hydrogen-bond donors (Lipinski definition) is 0. The topological polar surface area (TPSA) is 38.7 Å². The Labute approximate surface area is 364 Å². The molecule has 0 saturated heterocycles. The Hall–Kier alpha value is -7.79. The van der Waals surface area contributed by atoms with Crippen LogP contribution in [0, 0.1) is 0 Å². The lowest BCUT2D eigenvalue weighted by molar-refractivity contribution is 0.768. The van der Waals surface area contributed by atoms with Crippen LogP contribution in [0.5, 0.6) is 0 Å². The van der Waals surface area contributed by atoms with E-state index < -0.39 is 5.41 Å². The molecule has 0 fully saturated rings. The van der Waals surface area contributed by atoms with Crippen LogP contribution >= 0.6 is 11.3 Å². The number of fused-ring (bicyclic) bond motifs is 6. The summed E-state index contributed by atoms with van der Waals surface area (Å²) in [6.07, 6.45) is 1.96. The molecule has 0 N–H and O–H groups in total. The molecular weight excluding hydrogens is 771 g/mol. The van der Waals surface area contributed by atoms with Crippen molar-refractivity contribution in [1.82, 2.24) is 15.0 Å². The zero-order valence-electron chi connectivity index (χ0n) is 33.6. The van der Waals surface area contributed by atoms with Crippen molar-refractivity contribution in [3.05, 3.63) is 247 Å². The molecular formula is C58H37N3S. The third-order valence-corrected chi connectivity index (χ3v) is 13.6. The molecule has 8 aromatic carbocycles. The summed E-state index contributed by atoms with van der Waals surface area (Å²) >= 11 is 1.80. The minimum absolute atomic E-state index is 0.513. The Kier molecular flexibility index (Phi) is 8.58. The maximum atomic E-state index is 5.36. The van der Waals surface area contributed by atoms with Crippen LogP contribution < -0.4 is 0 Å². The minimum Gasteiger partial charge on any atom is -0.255 e. The smallest absolute Gasteiger partial charge is 0.160 e. The summed E-state index contributed by atoms with van der Waals surface area (Å²) in [5.74, 6) is 0.690. The minimum atomic E-state index is -0.513. The molecule has 0 radical (unpaired) electrons. The van der Waals surface area contributed by atoms with Crippen molar-refractivity contribution in [2.24, 2.45) is 0 Å². The fourth-order valence-electron chi connectivity index (χ4n) is 9.72. The third kappa shape index (κ3) is 5.76. The summed E-state index contributed by atoms with van der Waals surface area (Å²) in [7, 11) is 0. The molecule has 0 atom stereocenters. The molecule has 0 amide bonds. The molecule has 0 aliphatic heterocycles. The number of benzene rings is 8. The second-order valence-corrected chi connectivity index (χ2v) is 16.9. The van der Waals surface area contributed by atoms with Crippen LogP contribution in [0.1, 0.15) is 22.3 Å². The van der Waals surface area contributed by atoms with Gasteiger partial charge in [0, 0.05) is 38.5 Å². The first kappa shape index (κ1) is 36.1. The lowest BCUT2D eigenvalue weighted by atomic mass is 9.67. The standard InChI is InChI=1S/C58H37N3S/c1-5-18-38(19-6-1)51-37-52(61-57(60-51)39-20-7-2-8-21-39)42-35-40(34-41(36-42)46-32-33-59-55-48-27-14-16-31-53(48)62-56(46)55)45-28-17-30-50-54(45)47-26-13-15-29-49(47)58(50,43-22-9-3-10-23-43)44-24-11-4-12-25-44/h1-37H. The van der Waals surface area contributed by atoms with Crippen molar-refractivity contribution in [2.75, 3.05) is 0 Å². The SMILES string of the molecule is c1ccc(-c2cc(-c3cc(-c4cccc5c4-c4ccccc4C5(c4ccccc4)c4ccccc4)cc(-c4ccnc5c4sc4ccccc45)c3)nc(-c3ccccc3)n2)cc1. The largest absolute Gasteiger partial charge is 0.255 e. The normalized spacial score (nSPS) is 12.6. The van der Waals surface area contributed by atoms with Gasteiger partial charge in [-0.15, -0.1) is 11.3 Å². The zero-order chi connectivity index (χ0) is 41.0. The Morgan fingerprint density at radius 3 is 1.66 bits per heavy atom. The number of rotatable bonds is 7. The molecule has 11 aromatic rings. The Morgan fingerprint density at radius 2 is 0.935 bits per heavy atom. The molecule has 0 spiro atoms. The molecule has 1 aliphatic rings. The highest BCUT2D eigenvalue weighted by molar-refractivity contribution is 7.26. The van der Waals surface area contributed by atoms with E-state index in [1.165, 1.54) is 53.7 Å². The van der Waals surface area contributed by atoms with Crippen molar-refractivity contribution in [2.45, 2.75) is 5.41 Å². The van der Waals surface area contributed by atoms with Gasteiger partial charge in [-0.3, -0.25) is 4.98 Å². The van der Waals surface area contributed by atoms with Gasteiger partial charge in [0.1, 0.15) is 0 Å². The van der Waals surface area contributed by atoms with Gasteiger partial charge in [-0.25, -0.2) is 9.97 Å². The second kappa shape index (κ2) is 14.7. The molecule has 0 unspecified atom stereocenters. The van der Waals surface area contributed by atoms with Crippen LogP contribution in [0.2, 0.25) is 0 Å². The van der Waals surface area contributed by atoms with Gasteiger partial charge in [0.2, 0.25) is 0 Å². The first-order chi connectivity index (χ1) is 30.7. The highest BCUT2D eigenvalue weighted by atomic mass is 32.1. The van der Waals surface area contributed by atoms with Gasteiger partial charge in [0.05, 0.1) is 27.0 Å². The average Bonchev–Trinajstić information content (AvgIpc) is 3.89. The van der Waals surface area contributed by atoms with E-state index in [4.69, 9.17) is 15.0 Å². The lowest BCUT2D eigenvalue weighted by Crippen LogP contribution is -2.28. The number of thiophene rings is 1. The van der Waals surface area contributed by atoms with Crippen molar-refractivity contribution in [3.63, 3.8) is 0 Å². The Bertz CT molecular complexity index is 3350. The van der Waals surface area contributed by atoms with E-state index in [2.05, 4.69) is 194 Å². The highest BCUT2D eigenvalue weighted by Crippen LogP contribution is 2.58. The molecule has 1 aliphatic carbocycles. The van der Waals surface area contributed by atoms with E-state index in [9.17, 15) is 0 Å². The third-order valence-electron chi connectivity index (χ3n) is 12.4. The van der Waals surface area contributed by atoms with Crippen molar-refractivity contribution in [3.8, 4) is 67.3 Å². The van der Waals surface area contributed by atoms with Crippen LogP contribution in [-0.4, -0.2) is 15.0 Å². The summed E-state index contributed by atoms with van der Waals surface area (Å²) < 4.78 is 2.40. The zero-order valence-corrected chi connectivity index (χ0v) is 34.4. The van der Waals surface area contributed by atoms with Gasteiger partial charge < -0.3 is 0 Å². The number of aromatic nitrogens is 3. The summed E-state index contributed by atoms with van der Waals surface area (Å²) in [4.78, 5) is 15.5. The van der Waals surface area contributed by atoms with E-state index in [1.54, 1.807) is 11.3 Å². The van der Waals surface area contributed by atoms with E-state index in [0.717, 1.165) is 50.3 Å². The highest BCUT2D eigenvalue weighted by Gasteiger charge is 2.46. The molecule has 3 nitrogen and oxygen atoms in total. The van der Waals surface area contributed by atoms with E-state index >= 15 is 0 Å². The Morgan fingerprint density at radius 1 is 0.387 bits per heavy atom. The van der Waals surface area contributed by atoms with E-state index in [1.807, 2.05) is 30.5 Å². The van der Waals surface area contributed by atoms with Gasteiger partial charge in [0.15, 0.2) is 5.82 Å². The molecule has 3 heterocycles. The van der Waals surface area contributed by atoms with Gasteiger partial charge >= 0.3 is 0 Å². The fourth-order valence-corrected chi connectivity index (χ4v) is 10.9. The van der Waals surface area contributed by atoms with Crippen molar-refractivity contribution >= 4 is 31.6 Å². The molecule has 0 bridgehead atoms. The average molecular weight is 808 g/mol. The molecule has 62 heavy (non-hydrogen) atoms. The summed E-state index contributed by atoms with van der Waals surface area (Å²) in [5.41, 5.74) is 17.4. The molecule has 12 rings (SSSR count). The number of pyridine rings is 1. The maximum absolute atomic E-state index is 5.36. The van der Waals surface area contributed by atoms with Gasteiger partial charge in [-0.05, 0) is 86.5 Å². The van der Waals surface area contributed by atoms with Crippen LogP contribution in [0.25, 0.3) is 87.6 Å². The van der Waals surface area contributed by atoms with Crippen molar-refractivity contribution in [1.29, 1.82) is 0 Å². The van der Waals surface area contributed by atoms with E-state index in [-0.39, 0.29) is 0 Å². The number of hydrogen-bond acceptors (Lipinski definition) is 4. The summed E-state index contributed by atoms with van der Waals surface area (Å²) in [5, 5.41) is 1.18. The summed E-state index contributed by atoms with van der Waals surface area (Å²) in [6.45, 7) is 0. The summed E-state index contributed by atoms with van der Waals surface area (Å²) in [6, 6.07) is 78.6. The van der Waals surface area contributed by atoms with Gasteiger partial charge in [-0.2, -0.15) is 0 Å². The van der Waals surface area contributed by atoms with Gasteiger partial charge in [0.25, 0.3) is 0 Å².